The van der Waals surface area contributed by atoms with Gasteiger partial charge in [-0.1, -0.05) is 12.2 Å². The molecule has 1 aromatic heterocycles. The van der Waals surface area contributed by atoms with Gasteiger partial charge in [-0.05, 0) is 19.8 Å². The molecule has 1 amide bonds. The molecule has 0 bridgehead atoms. The van der Waals surface area contributed by atoms with Gasteiger partial charge in [-0.25, -0.2) is 4.98 Å². The first-order chi connectivity index (χ1) is 8.09. The summed E-state index contributed by atoms with van der Waals surface area (Å²) >= 11 is 4.98. The van der Waals surface area contributed by atoms with E-state index in [-0.39, 0.29) is 11.8 Å². The van der Waals surface area contributed by atoms with Crippen LogP contribution in [0.1, 0.15) is 29.1 Å². The van der Waals surface area contributed by atoms with Gasteiger partial charge >= 0.3 is 0 Å². The minimum Gasteiger partial charge on any atom is -0.438 e. The lowest BCUT2D eigenvalue weighted by Gasteiger charge is -2.31. The fraction of sp³-hybridized carbons (Fsp3) is 0.545. The minimum absolute atomic E-state index is 0.117. The Morgan fingerprint density at radius 3 is 3.06 bits per heavy atom. The third kappa shape index (κ3) is 2.46. The van der Waals surface area contributed by atoms with Crippen molar-refractivity contribution in [1.82, 2.24) is 9.88 Å². The normalized spacial score (nSPS) is 20.3. The number of aryl methyl sites for hydroxylation is 1. The second-order valence-electron chi connectivity index (χ2n) is 4.26. The number of likely N-dealkylation sites (tertiary alicyclic amines) is 1. The molecule has 0 aromatic carbocycles. The highest BCUT2D eigenvalue weighted by Gasteiger charge is 2.28. The SMILES string of the molecule is Cc1ncoc1C(=O)N1CCCC(C(N)=S)C1. The number of carbonyl (C=O) groups excluding carboxylic acids is 1. The Hall–Kier alpha value is -1.43. The van der Waals surface area contributed by atoms with Gasteiger partial charge < -0.3 is 15.1 Å². The predicted molar refractivity (Wildman–Crippen MR) is 66.7 cm³/mol. The summed E-state index contributed by atoms with van der Waals surface area (Å²) in [6, 6.07) is 0. The number of hydrogen-bond acceptors (Lipinski definition) is 4. The van der Waals surface area contributed by atoms with E-state index in [0.717, 1.165) is 19.4 Å². The zero-order valence-corrected chi connectivity index (χ0v) is 10.5. The maximum absolute atomic E-state index is 12.2. The molecule has 0 saturated carbocycles. The summed E-state index contributed by atoms with van der Waals surface area (Å²) in [5.41, 5.74) is 6.25. The fourth-order valence-corrected chi connectivity index (χ4v) is 2.24. The van der Waals surface area contributed by atoms with E-state index in [0.29, 0.717) is 23.0 Å². The Morgan fingerprint density at radius 2 is 2.47 bits per heavy atom. The van der Waals surface area contributed by atoms with Crippen molar-refractivity contribution in [3.05, 3.63) is 17.8 Å². The number of hydrogen-bond donors (Lipinski definition) is 1. The molecule has 1 atom stereocenters. The van der Waals surface area contributed by atoms with Crippen LogP contribution in [0.4, 0.5) is 0 Å². The smallest absolute Gasteiger partial charge is 0.291 e. The van der Waals surface area contributed by atoms with Crippen molar-refractivity contribution < 1.29 is 9.21 Å². The predicted octanol–water partition coefficient (Wildman–Crippen LogP) is 1.12. The highest BCUT2D eigenvalue weighted by Crippen LogP contribution is 2.19. The van der Waals surface area contributed by atoms with Gasteiger partial charge in [-0.3, -0.25) is 4.79 Å². The maximum atomic E-state index is 12.2. The van der Waals surface area contributed by atoms with Crippen LogP contribution >= 0.6 is 12.2 Å². The Morgan fingerprint density at radius 1 is 1.71 bits per heavy atom. The quantitative estimate of drug-likeness (QED) is 0.800. The zero-order valence-electron chi connectivity index (χ0n) is 9.68. The first-order valence-electron chi connectivity index (χ1n) is 5.58. The van der Waals surface area contributed by atoms with E-state index in [1.807, 2.05) is 0 Å². The summed E-state index contributed by atoms with van der Waals surface area (Å²) in [4.78, 5) is 18.3. The van der Waals surface area contributed by atoms with Crippen molar-refractivity contribution in [3.63, 3.8) is 0 Å². The number of amides is 1. The van der Waals surface area contributed by atoms with Crippen LogP contribution in [-0.4, -0.2) is 33.9 Å². The number of carbonyl (C=O) groups is 1. The van der Waals surface area contributed by atoms with Gasteiger partial charge in [0.1, 0.15) is 0 Å². The monoisotopic (exact) mass is 253 g/mol. The number of nitrogens with zero attached hydrogens (tertiary/aromatic N) is 2. The molecule has 2 heterocycles. The van der Waals surface area contributed by atoms with Crippen LogP contribution in [0.3, 0.4) is 0 Å². The van der Waals surface area contributed by atoms with E-state index in [1.165, 1.54) is 6.39 Å². The molecule has 17 heavy (non-hydrogen) atoms. The molecule has 6 heteroatoms. The third-order valence-electron chi connectivity index (χ3n) is 3.05. The van der Waals surface area contributed by atoms with E-state index in [4.69, 9.17) is 22.4 Å². The highest BCUT2D eigenvalue weighted by atomic mass is 32.1. The topological polar surface area (TPSA) is 72.4 Å². The molecule has 1 unspecified atom stereocenters. The van der Waals surface area contributed by atoms with Gasteiger partial charge in [0.15, 0.2) is 6.39 Å². The molecule has 0 radical (unpaired) electrons. The summed E-state index contributed by atoms with van der Waals surface area (Å²) in [5.74, 6) is 0.306. The number of rotatable bonds is 2. The molecule has 1 saturated heterocycles. The van der Waals surface area contributed by atoms with Crippen molar-refractivity contribution in [3.8, 4) is 0 Å². The van der Waals surface area contributed by atoms with Gasteiger partial charge in [-0.2, -0.15) is 0 Å². The van der Waals surface area contributed by atoms with Crippen LogP contribution in [0, 0.1) is 12.8 Å². The van der Waals surface area contributed by atoms with Gasteiger partial charge in [-0.15, -0.1) is 0 Å². The van der Waals surface area contributed by atoms with Crippen LogP contribution in [-0.2, 0) is 0 Å². The molecule has 1 aliphatic heterocycles. The van der Waals surface area contributed by atoms with Gasteiger partial charge in [0.2, 0.25) is 5.76 Å². The summed E-state index contributed by atoms with van der Waals surface area (Å²) < 4.78 is 5.11. The first kappa shape index (κ1) is 12.0. The molecule has 1 aliphatic rings. The van der Waals surface area contributed by atoms with E-state index in [2.05, 4.69) is 4.98 Å². The van der Waals surface area contributed by atoms with Crippen LogP contribution in [0.2, 0.25) is 0 Å². The third-order valence-corrected chi connectivity index (χ3v) is 3.38. The molecule has 5 nitrogen and oxygen atoms in total. The van der Waals surface area contributed by atoms with Crippen molar-refractivity contribution >= 4 is 23.1 Å². The number of piperidine rings is 1. The van der Waals surface area contributed by atoms with Crippen LogP contribution in [0.15, 0.2) is 10.8 Å². The van der Waals surface area contributed by atoms with Gasteiger partial charge in [0.25, 0.3) is 5.91 Å². The zero-order chi connectivity index (χ0) is 12.4. The molecular weight excluding hydrogens is 238 g/mol. The second kappa shape index (κ2) is 4.83. The molecule has 1 aromatic rings. The largest absolute Gasteiger partial charge is 0.438 e. The Labute approximate surface area is 105 Å². The lowest BCUT2D eigenvalue weighted by atomic mass is 9.98. The van der Waals surface area contributed by atoms with Crippen molar-refractivity contribution in [2.75, 3.05) is 13.1 Å². The van der Waals surface area contributed by atoms with Gasteiger partial charge in [0, 0.05) is 19.0 Å². The lowest BCUT2D eigenvalue weighted by molar-refractivity contribution is 0.0670. The number of thiocarbonyl (C=S) groups is 1. The van der Waals surface area contributed by atoms with Gasteiger partial charge in [0.05, 0.1) is 10.7 Å². The second-order valence-corrected chi connectivity index (χ2v) is 4.73. The van der Waals surface area contributed by atoms with Crippen LogP contribution < -0.4 is 5.73 Å². The average Bonchev–Trinajstić information content (AvgIpc) is 2.74. The highest BCUT2D eigenvalue weighted by molar-refractivity contribution is 7.80. The average molecular weight is 253 g/mol. The Bertz CT molecular complexity index is 444. The molecule has 1 fully saturated rings. The lowest BCUT2D eigenvalue weighted by Crippen LogP contribution is -2.43. The molecule has 0 aliphatic carbocycles. The van der Waals surface area contributed by atoms with Crippen molar-refractivity contribution in [2.45, 2.75) is 19.8 Å². The first-order valence-corrected chi connectivity index (χ1v) is 5.99. The molecule has 2 N–H and O–H groups in total. The Kier molecular flexibility index (Phi) is 3.42. The Balaban J connectivity index is 2.10. The number of aromatic nitrogens is 1. The summed E-state index contributed by atoms with van der Waals surface area (Å²) in [7, 11) is 0. The summed E-state index contributed by atoms with van der Waals surface area (Å²) in [6.07, 6.45) is 3.16. The maximum Gasteiger partial charge on any atom is 0.291 e. The minimum atomic E-state index is -0.124. The van der Waals surface area contributed by atoms with E-state index >= 15 is 0 Å². The van der Waals surface area contributed by atoms with E-state index in [9.17, 15) is 4.79 Å². The molecule has 92 valence electrons. The van der Waals surface area contributed by atoms with E-state index in [1.54, 1.807) is 11.8 Å². The van der Waals surface area contributed by atoms with Crippen LogP contribution in [0.5, 0.6) is 0 Å². The van der Waals surface area contributed by atoms with Crippen molar-refractivity contribution in [2.24, 2.45) is 11.7 Å². The molecular formula is C11H15N3O2S. The van der Waals surface area contributed by atoms with Crippen molar-refractivity contribution in [1.29, 1.82) is 0 Å². The summed E-state index contributed by atoms with van der Waals surface area (Å²) in [5, 5.41) is 0. The van der Waals surface area contributed by atoms with E-state index < -0.39 is 0 Å². The standard InChI is InChI=1S/C11H15N3O2S/c1-7-9(16-6-13-7)11(15)14-4-2-3-8(5-14)10(12)17/h6,8H,2-5H2,1H3,(H2,12,17). The molecule has 2 rings (SSSR count). The number of nitrogens with two attached hydrogens (primary N) is 1. The van der Waals surface area contributed by atoms with Crippen LogP contribution in [0.25, 0.3) is 0 Å². The summed E-state index contributed by atoms with van der Waals surface area (Å²) in [6.45, 7) is 3.05. The molecule has 0 spiro atoms. The number of oxazole rings is 1. The fourth-order valence-electron chi connectivity index (χ4n) is 2.04.